The summed E-state index contributed by atoms with van der Waals surface area (Å²) in [5, 5.41) is 7.52. The monoisotopic (exact) mass is 340 g/mol. The Kier molecular flexibility index (Phi) is 10.2. The van der Waals surface area contributed by atoms with Crippen LogP contribution in [0, 0.1) is 3.57 Å². The molecule has 0 fully saturated rings. The van der Waals surface area contributed by atoms with Gasteiger partial charge in [0.15, 0.2) is 0 Å². The maximum atomic E-state index is 7.18. The Balaban J connectivity index is 0. The van der Waals surface area contributed by atoms with Crippen molar-refractivity contribution in [3.8, 4) is 0 Å². The molecule has 0 radical (unpaired) electrons. The van der Waals surface area contributed by atoms with Crippen molar-refractivity contribution in [2.24, 2.45) is 0 Å². The summed E-state index contributed by atoms with van der Waals surface area (Å²) >= 11 is 7.78. The SMILES string of the molecule is CO.[Fe].[NH-]c1ccc(I)cc1Cl. The van der Waals surface area contributed by atoms with E-state index in [-0.39, 0.29) is 17.1 Å². The van der Waals surface area contributed by atoms with E-state index in [1.807, 2.05) is 6.07 Å². The quantitative estimate of drug-likeness (QED) is 0.572. The van der Waals surface area contributed by atoms with E-state index >= 15 is 0 Å². The number of benzene rings is 1. The predicted molar refractivity (Wildman–Crippen MR) is 56.3 cm³/mol. The molecular formula is C7H8ClFeINO-. The molecule has 2 nitrogen and oxygen atoms in total. The summed E-state index contributed by atoms with van der Waals surface area (Å²) in [7, 11) is 1.00. The molecule has 5 heteroatoms. The van der Waals surface area contributed by atoms with Gasteiger partial charge in [0.05, 0.1) is 0 Å². The van der Waals surface area contributed by atoms with Crippen LogP contribution in [0.2, 0.25) is 5.02 Å². The number of nitrogens with one attached hydrogen (secondary N) is 1. The molecule has 0 atom stereocenters. The molecule has 1 rings (SSSR count). The van der Waals surface area contributed by atoms with Crippen molar-refractivity contribution in [1.29, 1.82) is 0 Å². The summed E-state index contributed by atoms with van der Waals surface area (Å²) in [5.74, 6) is 0. The molecule has 0 unspecified atom stereocenters. The van der Waals surface area contributed by atoms with Crippen molar-refractivity contribution in [3.05, 3.63) is 32.5 Å². The molecule has 1 aromatic rings. The van der Waals surface area contributed by atoms with E-state index in [1.54, 1.807) is 12.1 Å². The van der Waals surface area contributed by atoms with Gasteiger partial charge in [-0.3, -0.25) is 0 Å². The fourth-order valence-electron chi connectivity index (χ4n) is 0.489. The number of aliphatic hydroxyl groups excluding tert-OH is 1. The minimum Gasteiger partial charge on any atom is -0.698 e. The molecule has 0 bridgehead atoms. The van der Waals surface area contributed by atoms with Gasteiger partial charge in [-0.25, -0.2) is 0 Å². The molecule has 0 amide bonds. The van der Waals surface area contributed by atoms with Gasteiger partial charge in [-0.1, -0.05) is 17.7 Å². The first-order valence-electron chi connectivity index (χ1n) is 2.81. The Labute approximate surface area is 101 Å². The van der Waals surface area contributed by atoms with E-state index in [9.17, 15) is 0 Å². The first kappa shape index (κ1) is 15.0. The van der Waals surface area contributed by atoms with Gasteiger partial charge < -0.3 is 10.8 Å². The number of halogens is 2. The van der Waals surface area contributed by atoms with E-state index in [1.165, 1.54) is 0 Å². The van der Waals surface area contributed by atoms with E-state index in [2.05, 4.69) is 22.6 Å². The molecule has 0 saturated heterocycles. The van der Waals surface area contributed by atoms with E-state index in [0.29, 0.717) is 10.7 Å². The van der Waals surface area contributed by atoms with Crippen LogP contribution in [-0.4, -0.2) is 12.2 Å². The fourth-order valence-corrected chi connectivity index (χ4v) is 1.35. The van der Waals surface area contributed by atoms with Crippen LogP contribution in [0.1, 0.15) is 0 Å². The predicted octanol–water partition coefficient (Wildman–Crippen LogP) is 3.23. The second-order valence-electron chi connectivity index (χ2n) is 1.62. The molecule has 2 N–H and O–H groups in total. The van der Waals surface area contributed by atoms with Crippen LogP contribution in [0.15, 0.2) is 18.2 Å². The molecule has 0 aliphatic heterocycles. The molecule has 0 aliphatic carbocycles. The first-order chi connectivity index (χ1) is 5.20. The van der Waals surface area contributed by atoms with Crippen molar-refractivity contribution in [3.63, 3.8) is 0 Å². The molecule has 70 valence electrons. The molecule has 0 saturated carbocycles. The molecule has 12 heavy (non-hydrogen) atoms. The normalized spacial score (nSPS) is 7.67. The summed E-state index contributed by atoms with van der Waals surface area (Å²) in [4.78, 5) is 0. The summed E-state index contributed by atoms with van der Waals surface area (Å²) in [6.07, 6.45) is 0. The molecule has 0 aromatic heterocycles. The fraction of sp³-hybridized carbons (Fsp3) is 0.143. The first-order valence-corrected chi connectivity index (χ1v) is 4.27. The summed E-state index contributed by atoms with van der Waals surface area (Å²) in [5.41, 5.74) is 7.57. The van der Waals surface area contributed by atoms with Crippen molar-refractivity contribution in [1.82, 2.24) is 0 Å². The Hall–Kier alpha value is 0.519. The molecule has 0 heterocycles. The van der Waals surface area contributed by atoms with Crippen LogP contribution in [0.25, 0.3) is 5.73 Å². The molecule has 0 aliphatic rings. The third kappa shape index (κ3) is 5.22. The summed E-state index contributed by atoms with van der Waals surface area (Å²) in [6.45, 7) is 0. The van der Waals surface area contributed by atoms with Gasteiger partial charge in [-0.2, -0.15) is 0 Å². The Morgan fingerprint density at radius 1 is 1.42 bits per heavy atom. The second kappa shape index (κ2) is 8.13. The standard InChI is InChI=1S/C6H4ClIN.CH4O.Fe/c7-5-3-4(8)1-2-6(5)9;1-2;/h1-3,9H;2H,1H3;/q-1;;. The average molecular weight is 340 g/mol. The van der Waals surface area contributed by atoms with Crippen LogP contribution < -0.4 is 0 Å². The van der Waals surface area contributed by atoms with Gasteiger partial charge in [-0.15, -0.1) is 5.69 Å². The number of hydrogen-bond acceptors (Lipinski definition) is 1. The Morgan fingerprint density at radius 2 is 1.92 bits per heavy atom. The molecular weight excluding hydrogens is 332 g/mol. The number of hydrogen-bond donors (Lipinski definition) is 1. The van der Waals surface area contributed by atoms with Crippen LogP contribution in [0.5, 0.6) is 0 Å². The Morgan fingerprint density at radius 3 is 2.25 bits per heavy atom. The van der Waals surface area contributed by atoms with Gasteiger partial charge in [-0.05, 0) is 34.7 Å². The zero-order chi connectivity index (χ0) is 8.85. The minimum absolute atomic E-state index is 0. The zero-order valence-electron chi connectivity index (χ0n) is 6.29. The van der Waals surface area contributed by atoms with Crippen molar-refractivity contribution in [2.45, 2.75) is 0 Å². The van der Waals surface area contributed by atoms with Gasteiger partial charge in [0.1, 0.15) is 0 Å². The zero-order valence-corrected chi connectivity index (χ0v) is 10.3. The van der Waals surface area contributed by atoms with Gasteiger partial charge in [0.25, 0.3) is 0 Å². The number of rotatable bonds is 0. The van der Waals surface area contributed by atoms with Crippen LogP contribution in [0.3, 0.4) is 0 Å². The van der Waals surface area contributed by atoms with E-state index in [0.717, 1.165) is 10.7 Å². The summed E-state index contributed by atoms with van der Waals surface area (Å²) < 4.78 is 1.06. The van der Waals surface area contributed by atoms with Gasteiger partial charge in [0, 0.05) is 32.8 Å². The van der Waals surface area contributed by atoms with Crippen molar-refractivity contribution in [2.75, 3.05) is 7.11 Å². The van der Waals surface area contributed by atoms with Gasteiger partial charge >= 0.3 is 0 Å². The van der Waals surface area contributed by atoms with Crippen molar-refractivity contribution >= 4 is 39.9 Å². The van der Waals surface area contributed by atoms with E-state index < -0.39 is 0 Å². The smallest absolute Gasteiger partial charge is 0.0319 e. The minimum atomic E-state index is 0. The van der Waals surface area contributed by atoms with Gasteiger partial charge in [0.2, 0.25) is 0 Å². The van der Waals surface area contributed by atoms with Crippen molar-refractivity contribution < 1.29 is 22.2 Å². The summed E-state index contributed by atoms with van der Waals surface area (Å²) in [6, 6.07) is 5.31. The number of aliphatic hydroxyl groups is 1. The molecule has 1 aromatic carbocycles. The van der Waals surface area contributed by atoms with Crippen LogP contribution >= 0.6 is 34.2 Å². The van der Waals surface area contributed by atoms with E-state index in [4.69, 9.17) is 22.4 Å². The Bertz CT molecular complexity index is 235. The largest absolute Gasteiger partial charge is 0.698 e. The topological polar surface area (TPSA) is 44.0 Å². The maximum absolute atomic E-state index is 7.18. The second-order valence-corrected chi connectivity index (χ2v) is 3.28. The molecule has 0 spiro atoms. The van der Waals surface area contributed by atoms with Crippen LogP contribution in [0.4, 0.5) is 5.69 Å². The third-order valence-corrected chi connectivity index (χ3v) is 1.91. The third-order valence-electron chi connectivity index (χ3n) is 0.931. The van der Waals surface area contributed by atoms with Crippen LogP contribution in [-0.2, 0) is 17.1 Å². The maximum Gasteiger partial charge on any atom is 0.0319 e. The average Bonchev–Trinajstić information content (AvgIpc) is 2.02.